The molecule has 0 bridgehead atoms. The lowest BCUT2D eigenvalue weighted by molar-refractivity contribution is -0.384. The van der Waals surface area contributed by atoms with Gasteiger partial charge in [-0.2, -0.15) is 0 Å². The number of methoxy groups -OCH3 is 1. The fraction of sp³-hybridized carbons (Fsp3) is 0.200. The Labute approximate surface area is 185 Å². The molecule has 0 N–H and O–H groups in total. The van der Waals surface area contributed by atoms with Crippen molar-refractivity contribution >= 4 is 50.6 Å². The highest BCUT2D eigenvalue weighted by molar-refractivity contribution is 9.10. The molecule has 0 aliphatic carbocycles. The number of hydrogen-bond acceptors (Lipinski definition) is 7. The Morgan fingerprint density at radius 3 is 2.53 bits per heavy atom. The first-order valence-corrected chi connectivity index (χ1v) is 10.4. The molecular weight excluding hydrogens is 476 g/mol. The number of carbonyl (C=O) groups is 2. The van der Waals surface area contributed by atoms with Gasteiger partial charge in [-0.15, -0.1) is 0 Å². The smallest absolute Gasteiger partial charge is 0.293 e. The second-order valence-electron chi connectivity index (χ2n) is 6.16. The fourth-order valence-corrected chi connectivity index (χ4v) is 4.29. The van der Waals surface area contributed by atoms with Crippen LogP contribution in [0, 0.1) is 10.1 Å². The van der Waals surface area contributed by atoms with Gasteiger partial charge < -0.3 is 9.47 Å². The summed E-state index contributed by atoms with van der Waals surface area (Å²) >= 11 is 4.27. The molecule has 1 fully saturated rings. The molecule has 1 heterocycles. The Hall–Kier alpha value is -2.85. The molecule has 2 aromatic rings. The monoisotopic (exact) mass is 492 g/mol. The van der Waals surface area contributed by atoms with E-state index in [0.717, 1.165) is 16.7 Å². The highest BCUT2D eigenvalue weighted by Gasteiger charge is 2.35. The molecule has 0 spiro atoms. The maximum Gasteiger partial charge on any atom is 0.293 e. The van der Waals surface area contributed by atoms with Crippen LogP contribution in [0.25, 0.3) is 6.08 Å². The Kier molecular flexibility index (Phi) is 6.78. The molecule has 1 aliphatic rings. The largest absolute Gasteiger partial charge is 0.492 e. The summed E-state index contributed by atoms with van der Waals surface area (Å²) in [6.45, 7) is 2.33. The van der Waals surface area contributed by atoms with Crippen molar-refractivity contribution in [3.63, 3.8) is 0 Å². The van der Waals surface area contributed by atoms with Crippen LogP contribution >= 0.6 is 27.7 Å². The van der Waals surface area contributed by atoms with E-state index in [-0.39, 0.29) is 17.1 Å². The van der Waals surface area contributed by atoms with Crippen LogP contribution in [0.1, 0.15) is 18.1 Å². The molecule has 0 aromatic heterocycles. The third-order valence-corrected chi connectivity index (χ3v) is 5.69. The molecule has 1 aliphatic heterocycles. The average Bonchev–Trinajstić information content (AvgIpc) is 2.96. The first-order valence-electron chi connectivity index (χ1n) is 8.83. The third-order valence-electron chi connectivity index (χ3n) is 4.20. The maximum absolute atomic E-state index is 12.8. The molecule has 0 unspecified atom stereocenters. The van der Waals surface area contributed by atoms with E-state index < -0.39 is 16.1 Å². The summed E-state index contributed by atoms with van der Waals surface area (Å²) in [5, 5.41) is 10.4. The van der Waals surface area contributed by atoms with E-state index in [9.17, 15) is 19.7 Å². The summed E-state index contributed by atoms with van der Waals surface area (Å²) in [6, 6.07) is 9.24. The minimum atomic E-state index is -0.504. The topological polar surface area (TPSA) is 99.0 Å². The van der Waals surface area contributed by atoms with Crippen molar-refractivity contribution in [3.05, 3.63) is 67.0 Å². The maximum atomic E-state index is 12.8. The van der Waals surface area contributed by atoms with Gasteiger partial charge in [0.05, 0.1) is 34.6 Å². The molecule has 2 amide bonds. The SMILES string of the molecule is CCOc1cc(/C=C2/SC(=O)N(Cc3ccc([N+](=O)[O-])cc3)C2=O)cc(Br)c1OC. The van der Waals surface area contributed by atoms with Crippen molar-refractivity contribution in [2.45, 2.75) is 13.5 Å². The molecule has 0 atom stereocenters. The first-order chi connectivity index (χ1) is 14.3. The number of nitro benzene ring substituents is 1. The van der Waals surface area contributed by atoms with Crippen molar-refractivity contribution in [3.8, 4) is 11.5 Å². The second kappa shape index (κ2) is 9.31. The number of amides is 2. The highest BCUT2D eigenvalue weighted by Crippen LogP contribution is 2.39. The van der Waals surface area contributed by atoms with Crippen molar-refractivity contribution in [2.75, 3.05) is 13.7 Å². The lowest BCUT2D eigenvalue weighted by atomic mass is 10.1. The average molecular weight is 493 g/mol. The molecule has 10 heteroatoms. The summed E-state index contributed by atoms with van der Waals surface area (Å²) < 4.78 is 11.6. The number of nitro groups is 1. The number of non-ortho nitro benzene ring substituents is 1. The van der Waals surface area contributed by atoms with Gasteiger partial charge in [0.25, 0.3) is 16.8 Å². The van der Waals surface area contributed by atoms with Crippen LogP contribution in [-0.4, -0.2) is 34.7 Å². The van der Waals surface area contributed by atoms with Crippen molar-refractivity contribution in [1.29, 1.82) is 0 Å². The van der Waals surface area contributed by atoms with E-state index in [1.54, 1.807) is 18.2 Å². The van der Waals surface area contributed by atoms with E-state index >= 15 is 0 Å². The van der Waals surface area contributed by atoms with E-state index in [2.05, 4.69) is 15.9 Å². The van der Waals surface area contributed by atoms with Crippen molar-refractivity contribution in [1.82, 2.24) is 4.90 Å². The molecule has 0 saturated carbocycles. The predicted molar refractivity (Wildman–Crippen MR) is 116 cm³/mol. The first kappa shape index (κ1) is 21.8. The number of hydrogen-bond donors (Lipinski definition) is 0. The van der Waals surface area contributed by atoms with Crippen LogP contribution in [0.2, 0.25) is 0 Å². The number of carbonyl (C=O) groups excluding carboxylic acids is 2. The molecule has 156 valence electrons. The molecule has 1 saturated heterocycles. The van der Waals surface area contributed by atoms with E-state index in [1.165, 1.54) is 31.4 Å². The van der Waals surface area contributed by atoms with Gasteiger partial charge in [0.1, 0.15) is 0 Å². The van der Waals surface area contributed by atoms with Crippen LogP contribution in [0.3, 0.4) is 0 Å². The Morgan fingerprint density at radius 1 is 1.23 bits per heavy atom. The Morgan fingerprint density at radius 2 is 1.93 bits per heavy atom. The van der Waals surface area contributed by atoms with E-state index in [1.807, 2.05) is 6.92 Å². The number of benzene rings is 2. The van der Waals surface area contributed by atoms with Gasteiger partial charge in [0.15, 0.2) is 11.5 Å². The van der Waals surface area contributed by atoms with E-state index in [0.29, 0.717) is 33.7 Å². The summed E-state index contributed by atoms with van der Waals surface area (Å²) in [5.74, 6) is 0.638. The zero-order chi connectivity index (χ0) is 21.8. The zero-order valence-corrected chi connectivity index (χ0v) is 18.5. The highest BCUT2D eigenvalue weighted by atomic mass is 79.9. The van der Waals surface area contributed by atoms with Gasteiger partial charge in [0, 0.05) is 12.1 Å². The van der Waals surface area contributed by atoms with Crippen LogP contribution in [0.5, 0.6) is 11.5 Å². The number of halogens is 1. The van der Waals surface area contributed by atoms with Gasteiger partial charge in [-0.1, -0.05) is 12.1 Å². The summed E-state index contributed by atoms with van der Waals surface area (Å²) in [4.78, 5) is 36.8. The fourth-order valence-electron chi connectivity index (χ4n) is 2.83. The van der Waals surface area contributed by atoms with Gasteiger partial charge in [-0.3, -0.25) is 24.6 Å². The van der Waals surface area contributed by atoms with Gasteiger partial charge in [-0.05, 0) is 64.0 Å². The molecular formula is C20H17BrN2O6S. The number of imide groups is 1. The van der Waals surface area contributed by atoms with Gasteiger partial charge in [-0.25, -0.2) is 0 Å². The van der Waals surface area contributed by atoms with Crippen molar-refractivity contribution in [2.24, 2.45) is 0 Å². The Balaban J connectivity index is 1.83. The number of rotatable bonds is 7. The van der Waals surface area contributed by atoms with E-state index in [4.69, 9.17) is 9.47 Å². The van der Waals surface area contributed by atoms with Crippen LogP contribution in [0.15, 0.2) is 45.8 Å². The molecule has 30 heavy (non-hydrogen) atoms. The standard InChI is InChI=1S/C20H17BrN2O6S/c1-3-29-16-9-13(8-15(21)18(16)28-2)10-17-19(24)22(20(25)30-17)11-12-4-6-14(7-5-12)23(26)27/h4-10H,3,11H2,1-2H3/b17-10+. The lowest BCUT2D eigenvalue weighted by Gasteiger charge is -2.13. The predicted octanol–water partition coefficient (Wildman–Crippen LogP) is 5.00. The number of thioether (sulfide) groups is 1. The lowest BCUT2D eigenvalue weighted by Crippen LogP contribution is -2.27. The second-order valence-corrected chi connectivity index (χ2v) is 8.01. The van der Waals surface area contributed by atoms with Gasteiger partial charge in [0.2, 0.25) is 0 Å². The van der Waals surface area contributed by atoms with Crippen LogP contribution < -0.4 is 9.47 Å². The number of nitrogens with zero attached hydrogens (tertiary/aromatic N) is 2. The van der Waals surface area contributed by atoms with Gasteiger partial charge >= 0.3 is 0 Å². The van der Waals surface area contributed by atoms with Crippen molar-refractivity contribution < 1.29 is 24.0 Å². The number of ether oxygens (including phenoxy) is 2. The molecule has 3 rings (SSSR count). The normalized spacial score (nSPS) is 15.0. The molecule has 8 nitrogen and oxygen atoms in total. The minimum Gasteiger partial charge on any atom is -0.492 e. The molecule has 2 aromatic carbocycles. The minimum absolute atomic E-state index is 0.0382. The third kappa shape index (κ3) is 4.65. The summed E-state index contributed by atoms with van der Waals surface area (Å²) in [6.07, 6.45) is 1.62. The van der Waals surface area contributed by atoms with Crippen LogP contribution in [-0.2, 0) is 11.3 Å². The Bertz CT molecular complexity index is 1040. The summed E-state index contributed by atoms with van der Waals surface area (Å²) in [5.41, 5.74) is 1.24. The quantitative estimate of drug-likeness (QED) is 0.304. The molecule has 0 radical (unpaired) electrons. The van der Waals surface area contributed by atoms with Crippen LogP contribution in [0.4, 0.5) is 10.5 Å². The zero-order valence-electron chi connectivity index (χ0n) is 16.1. The summed E-state index contributed by atoms with van der Waals surface area (Å²) in [7, 11) is 1.53.